The lowest BCUT2D eigenvalue weighted by Crippen LogP contribution is -1.97. The Hall–Kier alpha value is -0.780. The van der Waals surface area contributed by atoms with E-state index in [1.165, 1.54) is 12.1 Å². The summed E-state index contributed by atoms with van der Waals surface area (Å²) < 4.78 is 13.7. The topological polar surface area (TPSA) is 43.1 Å². The first-order chi connectivity index (χ1) is 9.77. The molecule has 0 N–H and O–H groups in total. The second-order valence-electron chi connectivity index (χ2n) is 3.84. The summed E-state index contributed by atoms with van der Waals surface area (Å²) in [5.41, 5.74) is -0.977. The third kappa shape index (κ3) is 2.79. The molecule has 0 saturated carbocycles. The maximum absolute atomic E-state index is 13.7. The van der Waals surface area contributed by atoms with Crippen molar-refractivity contribution in [1.29, 1.82) is 0 Å². The summed E-state index contributed by atoms with van der Waals surface area (Å²) in [5.74, 6) is -1.04. The fourth-order valence-corrected chi connectivity index (χ4v) is 3.09. The average molecular weight is 389 g/mol. The molecule has 21 heavy (non-hydrogen) atoms. The first kappa shape index (κ1) is 16.6. The van der Waals surface area contributed by atoms with Gasteiger partial charge in [-0.15, -0.1) is 0 Å². The van der Waals surface area contributed by atoms with Gasteiger partial charge in [0.25, 0.3) is 0 Å². The molecule has 2 rings (SSSR count). The van der Waals surface area contributed by atoms with Gasteiger partial charge in [0.05, 0.1) is 35.6 Å². The van der Waals surface area contributed by atoms with Crippen molar-refractivity contribution in [3.63, 3.8) is 0 Å². The molecule has 3 nitrogen and oxygen atoms in total. The number of para-hydroxylation sites is 1. The zero-order valence-electron chi connectivity index (χ0n) is 9.76. The summed E-state index contributed by atoms with van der Waals surface area (Å²) in [6, 6.07) is 3.51. The van der Waals surface area contributed by atoms with Crippen LogP contribution in [0, 0.1) is 15.9 Å². The van der Waals surface area contributed by atoms with Gasteiger partial charge in [-0.1, -0.05) is 64.1 Å². The van der Waals surface area contributed by atoms with E-state index < -0.39 is 16.4 Å². The van der Waals surface area contributed by atoms with Crippen LogP contribution in [0.1, 0.15) is 0 Å². The minimum atomic E-state index is -1.04. The molecule has 9 heteroatoms. The van der Waals surface area contributed by atoms with E-state index in [1.807, 2.05) is 0 Å². The van der Waals surface area contributed by atoms with Crippen LogP contribution in [-0.4, -0.2) is 4.92 Å². The van der Waals surface area contributed by atoms with E-state index in [-0.39, 0.29) is 36.2 Å². The van der Waals surface area contributed by atoms with Crippen molar-refractivity contribution >= 4 is 63.7 Å². The lowest BCUT2D eigenvalue weighted by Gasteiger charge is -2.13. The third-order valence-corrected chi connectivity index (χ3v) is 4.93. The zero-order valence-corrected chi connectivity index (χ0v) is 13.5. The number of rotatable bonds is 2. The van der Waals surface area contributed by atoms with Gasteiger partial charge in [-0.3, -0.25) is 10.1 Å². The van der Waals surface area contributed by atoms with Gasteiger partial charge in [-0.2, -0.15) is 4.39 Å². The van der Waals surface area contributed by atoms with Gasteiger partial charge in [-0.25, -0.2) is 0 Å². The quantitative estimate of drug-likeness (QED) is 0.249. The predicted molar refractivity (Wildman–Crippen MR) is 83.5 cm³/mol. The van der Waals surface area contributed by atoms with Gasteiger partial charge >= 0.3 is 5.69 Å². The largest absolute Gasteiger partial charge is 0.312 e. The van der Waals surface area contributed by atoms with E-state index in [2.05, 4.69) is 0 Å². The van der Waals surface area contributed by atoms with E-state index in [0.717, 1.165) is 6.07 Å². The number of halogens is 6. The summed E-state index contributed by atoms with van der Waals surface area (Å²) in [5, 5.41) is 10.4. The highest BCUT2D eigenvalue weighted by atomic mass is 35.5. The molecule has 110 valence electrons. The highest BCUT2D eigenvalue weighted by Gasteiger charge is 2.28. The lowest BCUT2D eigenvalue weighted by atomic mass is 10.0. The maximum Gasteiger partial charge on any atom is 0.312 e. The summed E-state index contributed by atoms with van der Waals surface area (Å²) in [6.45, 7) is 0. The van der Waals surface area contributed by atoms with Crippen molar-refractivity contribution in [2.45, 2.75) is 0 Å². The Balaban J connectivity index is 2.93. The highest BCUT2D eigenvalue weighted by Crippen LogP contribution is 2.50. The molecule has 2 aromatic carbocycles. The first-order valence-electron chi connectivity index (χ1n) is 5.22. The number of hydrogen-bond acceptors (Lipinski definition) is 2. The SMILES string of the molecule is O=[N+]([O-])c1c(F)cccc1-c1c(Cl)c(Cl)c(Cl)c(Cl)c1Cl. The number of hydrogen-bond donors (Lipinski definition) is 0. The number of nitro groups is 1. The number of nitro benzene ring substituents is 1. The second kappa shape index (κ2) is 6.15. The van der Waals surface area contributed by atoms with E-state index >= 15 is 0 Å². The van der Waals surface area contributed by atoms with E-state index in [0.29, 0.717) is 0 Å². The first-order valence-corrected chi connectivity index (χ1v) is 7.11. The van der Waals surface area contributed by atoms with E-state index in [9.17, 15) is 14.5 Å². The molecule has 0 aliphatic rings. The van der Waals surface area contributed by atoms with E-state index in [1.54, 1.807) is 0 Å². The Morgan fingerprint density at radius 1 is 0.905 bits per heavy atom. The molecule has 0 aliphatic carbocycles. The van der Waals surface area contributed by atoms with Crippen molar-refractivity contribution in [2.24, 2.45) is 0 Å². The Bertz CT molecular complexity index is 737. The molecular formula is C12H3Cl5FNO2. The van der Waals surface area contributed by atoms with Crippen LogP contribution in [0.5, 0.6) is 0 Å². The highest BCUT2D eigenvalue weighted by molar-refractivity contribution is 6.56. The molecular weight excluding hydrogens is 386 g/mol. The maximum atomic E-state index is 13.7. The van der Waals surface area contributed by atoms with Crippen LogP contribution < -0.4 is 0 Å². The minimum Gasteiger partial charge on any atom is -0.258 e. The Morgan fingerprint density at radius 3 is 1.86 bits per heavy atom. The summed E-state index contributed by atoms with van der Waals surface area (Å²) in [4.78, 5) is 10.2. The van der Waals surface area contributed by atoms with Gasteiger partial charge in [0.15, 0.2) is 0 Å². The molecule has 0 radical (unpaired) electrons. The molecule has 2 aromatic rings. The Kier molecular flexibility index (Phi) is 4.85. The fourth-order valence-electron chi connectivity index (χ4n) is 1.74. The van der Waals surface area contributed by atoms with Crippen molar-refractivity contribution in [3.8, 4) is 11.1 Å². The van der Waals surface area contributed by atoms with Crippen LogP contribution in [0.2, 0.25) is 25.1 Å². The van der Waals surface area contributed by atoms with Crippen molar-refractivity contribution in [1.82, 2.24) is 0 Å². The van der Waals surface area contributed by atoms with Crippen molar-refractivity contribution in [2.75, 3.05) is 0 Å². The molecule has 0 bridgehead atoms. The monoisotopic (exact) mass is 387 g/mol. The second-order valence-corrected chi connectivity index (χ2v) is 5.73. The molecule has 0 atom stereocenters. The van der Waals surface area contributed by atoms with Crippen LogP contribution in [-0.2, 0) is 0 Å². The number of benzene rings is 2. The predicted octanol–water partition coefficient (Wildman–Crippen LogP) is 6.67. The van der Waals surface area contributed by atoms with Gasteiger partial charge < -0.3 is 0 Å². The summed E-state index contributed by atoms with van der Waals surface area (Å²) in [6.07, 6.45) is 0. The van der Waals surface area contributed by atoms with Gasteiger partial charge in [-0.05, 0) is 12.1 Å². The molecule has 0 spiro atoms. The third-order valence-electron chi connectivity index (χ3n) is 2.65. The van der Waals surface area contributed by atoms with Crippen LogP contribution in [0.15, 0.2) is 18.2 Å². The van der Waals surface area contributed by atoms with E-state index in [4.69, 9.17) is 58.0 Å². The van der Waals surface area contributed by atoms with Gasteiger partial charge in [0.1, 0.15) is 0 Å². The lowest BCUT2D eigenvalue weighted by molar-refractivity contribution is -0.386. The summed E-state index contributed by atoms with van der Waals surface area (Å²) in [7, 11) is 0. The molecule has 0 saturated heterocycles. The molecule has 0 amide bonds. The zero-order chi connectivity index (χ0) is 15.9. The average Bonchev–Trinajstić information content (AvgIpc) is 2.43. The smallest absolute Gasteiger partial charge is 0.258 e. The summed E-state index contributed by atoms with van der Waals surface area (Å²) >= 11 is 29.7. The van der Waals surface area contributed by atoms with Gasteiger partial charge in [0, 0.05) is 5.56 Å². The Labute approximate surface area is 143 Å². The molecule has 0 unspecified atom stereocenters. The van der Waals surface area contributed by atoms with Crippen LogP contribution in [0.25, 0.3) is 11.1 Å². The molecule has 0 heterocycles. The van der Waals surface area contributed by atoms with Crippen molar-refractivity contribution in [3.05, 3.63) is 59.2 Å². The normalized spacial score (nSPS) is 10.8. The number of nitrogens with zero attached hydrogens (tertiary/aromatic N) is 1. The molecule has 0 aliphatic heterocycles. The molecule has 0 aromatic heterocycles. The fraction of sp³-hybridized carbons (Fsp3) is 0. The van der Waals surface area contributed by atoms with Gasteiger partial charge in [0.2, 0.25) is 5.82 Å². The van der Waals surface area contributed by atoms with Crippen molar-refractivity contribution < 1.29 is 9.31 Å². The Morgan fingerprint density at radius 2 is 1.38 bits per heavy atom. The van der Waals surface area contributed by atoms with Crippen LogP contribution in [0.3, 0.4) is 0 Å². The van der Waals surface area contributed by atoms with Crippen LogP contribution in [0.4, 0.5) is 10.1 Å². The standard InChI is InChI=1S/C12H3Cl5FNO2/c13-7-6(8(14)10(16)11(17)9(7)15)4-2-1-3-5(18)12(4)19(20)21/h1-3H. The minimum absolute atomic E-state index is 0.0519. The van der Waals surface area contributed by atoms with Crippen LogP contribution >= 0.6 is 58.0 Å². The molecule has 0 fully saturated rings.